The van der Waals surface area contributed by atoms with Crippen molar-refractivity contribution in [2.24, 2.45) is 0 Å². The molecule has 1 aromatic heterocycles. The van der Waals surface area contributed by atoms with Gasteiger partial charge in [0.15, 0.2) is 10.9 Å². The molecule has 3 aromatic rings. The number of hydrogen-bond donors (Lipinski definition) is 1. The van der Waals surface area contributed by atoms with E-state index in [1.807, 2.05) is 49.4 Å². The number of nitrogens with one attached hydrogen (secondary N) is 1. The monoisotopic (exact) mass is 447 g/mol. The lowest BCUT2D eigenvalue weighted by Crippen LogP contribution is -2.20. The predicted molar refractivity (Wildman–Crippen MR) is 120 cm³/mol. The number of aromatic nitrogens is 2. The Balaban J connectivity index is 1.53. The van der Waals surface area contributed by atoms with Crippen molar-refractivity contribution >= 4 is 45.7 Å². The van der Waals surface area contributed by atoms with Crippen molar-refractivity contribution in [3.63, 3.8) is 0 Å². The first-order chi connectivity index (χ1) is 13.9. The number of thioether (sulfide) groups is 1. The number of carbonyl (C=O) groups is 1. The van der Waals surface area contributed by atoms with Crippen molar-refractivity contribution < 1.29 is 9.53 Å². The first-order valence-electron chi connectivity index (χ1n) is 9.15. The number of hydrogen-bond acceptors (Lipinski definition) is 6. The molecule has 3 rings (SSSR count). The minimum atomic E-state index is -0.264. The average Bonchev–Trinajstić information content (AvgIpc) is 3.13. The molecule has 1 heterocycles. The molecule has 1 N–H and O–H groups in total. The molecule has 0 aliphatic rings. The fraction of sp³-hybridized carbons (Fsp3) is 0.286. The molecular weight excluding hydrogens is 426 g/mol. The van der Waals surface area contributed by atoms with E-state index in [4.69, 9.17) is 16.3 Å². The second-order valence-corrected chi connectivity index (χ2v) is 9.39. The Morgan fingerprint density at radius 1 is 1.24 bits per heavy atom. The normalized spacial score (nSPS) is 10.9. The van der Waals surface area contributed by atoms with E-state index in [1.165, 1.54) is 23.1 Å². The average molecular weight is 448 g/mol. The molecule has 0 aliphatic heterocycles. The zero-order valence-electron chi connectivity index (χ0n) is 16.4. The van der Waals surface area contributed by atoms with E-state index in [9.17, 15) is 4.79 Å². The van der Waals surface area contributed by atoms with E-state index >= 15 is 0 Å². The molecule has 0 fully saturated rings. The number of carbonyl (C=O) groups excluding carboxylic acids is 1. The maximum absolute atomic E-state index is 12.3. The lowest BCUT2D eigenvalue weighted by atomic mass is 10.0. The summed E-state index contributed by atoms with van der Waals surface area (Å²) < 4.78 is 6.53. The van der Waals surface area contributed by atoms with Crippen LogP contribution in [0.4, 0.5) is 5.13 Å². The molecule has 0 atom stereocenters. The summed E-state index contributed by atoms with van der Waals surface area (Å²) in [6.07, 6.45) is 0. The minimum absolute atomic E-state index is 0.0785. The first-order valence-corrected chi connectivity index (χ1v) is 11.3. The van der Waals surface area contributed by atoms with Crippen molar-refractivity contribution in [3.05, 3.63) is 64.2 Å². The quantitative estimate of drug-likeness (QED) is 0.342. The van der Waals surface area contributed by atoms with E-state index in [-0.39, 0.29) is 12.5 Å². The van der Waals surface area contributed by atoms with Crippen LogP contribution < -0.4 is 10.1 Å². The third kappa shape index (κ3) is 6.19. The molecule has 8 heteroatoms. The molecule has 0 saturated carbocycles. The van der Waals surface area contributed by atoms with E-state index in [0.29, 0.717) is 16.8 Å². The number of benzene rings is 2. The molecule has 0 unspecified atom stereocenters. The highest BCUT2D eigenvalue weighted by molar-refractivity contribution is 8.00. The summed E-state index contributed by atoms with van der Waals surface area (Å²) in [6.45, 7) is 6.12. The van der Waals surface area contributed by atoms with Gasteiger partial charge in [0, 0.05) is 10.8 Å². The van der Waals surface area contributed by atoms with Crippen LogP contribution in [0.3, 0.4) is 0 Å². The Hall–Kier alpha value is -2.09. The van der Waals surface area contributed by atoms with Gasteiger partial charge in [-0.2, -0.15) is 0 Å². The van der Waals surface area contributed by atoms with Crippen LogP contribution >= 0.6 is 34.7 Å². The molecule has 0 bridgehead atoms. The zero-order chi connectivity index (χ0) is 20.8. The van der Waals surface area contributed by atoms with Gasteiger partial charge in [0.25, 0.3) is 5.91 Å². The summed E-state index contributed by atoms with van der Waals surface area (Å²) in [7, 11) is 0. The van der Waals surface area contributed by atoms with Crippen molar-refractivity contribution in [2.45, 2.75) is 36.8 Å². The van der Waals surface area contributed by atoms with Crippen LogP contribution in [0.1, 0.15) is 36.5 Å². The second kappa shape index (κ2) is 10.1. The fourth-order valence-electron chi connectivity index (χ4n) is 2.62. The minimum Gasteiger partial charge on any atom is -0.483 e. The third-order valence-corrected chi connectivity index (χ3v) is 6.50. The standard InChI is InChI=1S/C21H22ClN3O2S2/c1-13(2)16-9-8-14(3)10-18(16)27-11-19(26)23-20-24-25-21(29-20)28-12-15-6-4-5-7-17(15)22/h4-10,13H,11-12H2,1-3H3,(H,23,24,26). The summed E-state index contributed by atoms with van der Waals surface area (Å²) >= 11 is 9.03. The summed E-state index contributed by atoms with van der Waals surface area (Å²) in [5, 5.41) is 12.1. The van der Waals surface area contributed by atoms with Crippen LogP contribution in [0.5, 0.6) is 5.75 Å². The molecule has 0 saturated heterocycles. The highest BCUT2D eigenvalue weighted by atomic mass is 35.5. The van der Waals surface area contributed by atoms with Crippen LogP contribution in [0, 0.1) is 6.92 Å². The van der Waals surface area contributed by atoms with Crippen molar-refractivity contribution in [1.29, 1.82) is 0 Å². The van der Waals surface area contributed by atoms with Crippen LogP contribution in [0.25, 0.3) is 0 Å². The number of aryl methyl sites for hydroxylation is 1. The first kappa shape index (κ1) is 21.6. The molecule has 0 aliphatic carbocycles. The predicted octanol–water partition coefficient (Wildman–Crippen LogP) is 5.93. The number of amides is 1. The molecule has 0 spiro atoms. The van der Waals surface area contributed by atoms with Gasteiger partial charge < -0.3 is 4.74 Å². The smallest absolute Gasteiger partial charge is 0.264 e. The maximum Gasteiger partial charge on any atom is 0.264 e. The second-order valence-electron chi connectivity index (χ2n) is 6.79. The van der Waals surface area contributed by atoms with Crippen molar-refractivity contribution in [3.8, 4) is 5.75 Å². The summed E-state index contributed by atoms with van der Waals surface area (Å²) in [6, 6.07) is 13.7. The lowest BCUT2D eigenvalue weighted by molar-refractivity contribution is -0.118. The SMILES string of the molecule is Cc1ccc(C(C)C)c(OCC(=O)Nc2nnc(SCc3ccccc3Cl)s2)c1. The molecule has 1 amide bonds. The van der Waals surface area contributed by atoms with Crippen LogP contribution in [0.2, 0.25) is 5.02 Å². The van der Waals surface area contributed by atoms with Crippen molar-refractivity contribution in [2.75, 3.05) is 11.9 Å². The number of nitrogens with zero attached hydrogens (tertiary/aromatic N) is 2. The van der Waals surface area contributed by atoms with Gasteiger partial charge in [0.1, 0.15) is 5.75 Å². The van der Waals surface area contributed by atoms with Crippen LogP contribution in [-0.4, -0.2) is 22.7 Å². The Morgan fingerprint density at radius 2 is 2.03 bits per heavy atom. The lowest BCUT2D eigenvalue weighted by Gasteiger charge is -2.14. The molecule has 29 heavy (non-hydrogen) atoms. The van der Waals surface area contributed by atoms with Gasteiger partial charge in [-0.05, 0) is 41.7 Å². The summed E-state index contributed by atoms with van der Waals surface area (Å²) in [5.41, 5.74) is 3.21. The Bertz CT molecular complexity index is 992. The van der Waals surface area contributed by atoms with E-state index in [1.54, 1.807) is 0 Å². The Labute approximate surface area is 183 Å². The third-order valence-electron chi connectivity index (χ3n) is 4.11. The topological polar surface area (TPSA) is 64.1 Å². The van der Waals surface area contributed by atoms with E-state index in [0.717, 1.165) is 31.8 Å². The largest absolute Gasteiger partial charge is 0.483 e. The van der Waals surface area contributed by atoms with Gasteiger partial charge in [-0.15, -0.1) is 10.2 Å². The van der Waals surface area contributed by atoms with Gasteiger partial charge >= 0.3 is 0 Å². The maximum atomic E-state index is 12.3. The van der Waals surface area contributed by atoms with Crippen LogP contribution in [-0.2, 0) is 10.5 Å². The summed E-state index contributed by atoms with van der Waals surface area (Å²) in [4.78, 5) is 12.3. The fourth-order valence-corrected chi connectivity index (χ4v) is 4.67. The molecule has 152 valence electrons. The molecule has 0 radical (unpaired) electrons. The van der Waals surface area contributed by atoms with E-state index in [2.05, 4.69) is 29.4 Å². The number of halogens is 1. The van der Waals surface area contributed by atoms with Gasteiger partial charge in [-0.25, -0.2) is 0 Å². The molecule has 2 aromatic carbocycles. The summed E-state index contributed by atoms with van der Waals surface area (Å²) in [5.74, 6) is 1.48. The molecule has 5 nitrogen and oxygen atoms in total. The Morgan fingerprint density at radius 3 is 2.79 bits per heavy atom. The van der Waals surface area contributed by atoms with Gasteiger partial charge in [0.05, 0.1) is 0 Å². The van der Waals surface area contributed by atoms with Gasteiger partial charge in [-0.1, -0.05) is 78.9 Å². The number of anilines is 1. The highest BCUT2D eigenvalue weighted by Gasteiger charge is 2.13. The number of rotatable bonds is 8. The van der Waals surface area contributed by atoms with Crippen molar-refractivity contribution in [1.82, 2.24) is 10.2 Å². The molecular formula is C21H22ClN3O2S2. The zero-order valence-corrected chi connectivity index (χ0v) is 18.8. The Kier molecular flexibility index (Phi) is 7.52. The van der Waals surface area contributed by atoms with E-state index < -0.39 is 0 Å². The number of ether oxygens (including phenoxy) is 1. The van der Waals surface area contributed by atoms with Crippen LogP contribution in [0.15, 0.2) is 46.8 Å². The van der Waals surface area contributed by atoms with Gasteiger partial charge in [0.2, 0.25) is 5.13 Å². The highest BCUT2D eigenvalue weighted by Crippen LogP contribution is 2.31. The van der Waals surface area contributed by atoms with Gasteiger partial charge in [-0.3, -0.25) is 10.1 Å².